The second-order valence-electron chi connectivity index (χ2n) is 3.91. The van der Waals surface area contributed by atoms with Crippen LogP contribution in [0.3, 0.4) is 0 Å². The van der Waals surface area contributed by atoms with Gasteiger partial charge >= 0.3 is 0 Å². The van der Waals surface area contributed by atoms with Crippen molar-refractivity contribution in [2.24, 2.45) is 0 Å². The fourth-order valence-electron chi connectivity index (χ4n) is 1.61. The molecule has 0 saturated carbocycles. The number of benzene rings is 1. The minimum Gasteiger partial charge on any atom is -0.399 e. The van der Waals surface area contributed by atoms with Gasteiger partial charge in [-0.2, -0.15) is 0 Å². The molecule has 18 heavy (non-hydrogen) atoms. The highest BCUT2D eigenvalue weighted by atomic mass is 35.5. The van der Waals surface area contributed by atoms with E-state index in [-0.39, 0.29) is 5.91 Å². The SMILES string of the molecule is Cc1c(N)cccc1CNC(=O)c1sccc1Cl. The fraction of sp³-hybridized carbons (Fsp3) is 0.154. The van der Waals surface area contributed by atoms with Crippen molar-refractivity contribution < 1.29 is 4.79 Å². The molecule has 0 unspecified atom stereocenters. The molecular formula is C13H13ClN2OS. The number of rotatable bonds is 3. The second-order valence-corrected chi connectivity index (χ2v) is 5.24. The highest BCUT2D eigenvalue weighted by molar-refractivity contribution is 7.12. The standard InChI is InChI=1S/C13H13ClN2OS/c1-8-9(3-2-4-11(8)15)7-16-13(17)12-10(14)5-6-18-12/h2-6H,7,15H2,1H3,(H,16,17). The first-order valence-electron chi connectivity index (χ1n) is 5.44. The van der Waals surface area contributed by atoms with Crippen LogP contribution in [0.4, 0.5) is 5.69 Å². The summed E-state index contributed by atoms with van der Waals surface area (Å²) < 4.78 is 0. The first kappa shape index (κ1) is 12.9. The van der Waals surface area contributed by atoms with Crippen molar-refractivity contribution in [2.45, 2.75) is 13.5 Å². The summed E-state index contributed by atoms with van der Waals surface area (Å²) in [5.74, 6) is -0.156. The largest absolute Gasteiger partial charge is 0.399 e. The van der Waals surface area contributed by atoms with Crippen molar-refractivity contribution in [3.63, 3.8) is 0 Å². The Morgan fingerprint density at radius 2 is 2.22 bits per heavy atom. The van der Waals surface area contributed by atoms with E-state index in [1.165, 1.54) is 11.3 Å². The van der Waals surface area contributed by atoms with E-state index in [9.17, 15) is 4.79 Å². The summed E-state index contributed by atoms with van der Waals surface area (Å²) in [7, 11) is 0. The van der Waals surface area contributed by atoms with Crippen LogP contribution in [-0.4, -0.2) is 5.91 Å². The van der Waals surface area contributed by atoms with Crippen LogP contribution in [0.1, 0.15) is 20.8 Å². The van der Waals surface area contributed by atoms with Gasteiger partial charge in [0.05, 0.1) is 5.02 Å². The average molecular weight is 281 g/mol. The second kappa shape index (κ2) is 5.42. The molecule has 0 aliphatic carbocycles. The van der Waals surface area contributed by atoms with E-state index in [1.807, 2.05) is 25.1 Å². The van der Waals surface area contributed by atoms with Crippen LogP contribution in [0.15, 0.2) is 29.6 Å². The van der Waals surface area contributed by atoms with Crippen LogP contribution in [0.2, 0.25) is 5.02 Å². The van der Waals surface area contributed by atoms with Crippen LogP contribution in [0.25, 0.3) is 0 Å². The average Bonchev–Trinajstić information content (AvgIpc) is 2.77. The van der Waals surface area contributed by atoms with Gasteiger partial charge in [0.25, 0.3) is 5.91 Å². The Labute approximate surface area is 115 Å². The van der Waals surface area contributed by atoms with Crippen molar-refractivity contribution in [3.8, 4) is 0 Å². The number of halogens is 1. The van der Waals surface area contributed by atoms with Crippen molar-refractivity contribution in [3.05, 3.63) is 50.7 Å². The number of nitrogen functional groups attached to an aromatic ring is 1. The lowest BCUT2D eigenvalue weighted by atomic mass is 10.1. The molecule has 1 aromatic heterocycles. The van der Waals surface area contributed by atoms with Crippen molar-refractivity contribution >= 4 is 34.5 Å². The summed E-state index contributed by atoms with van der Waals surface area (Å²) >= 11 is 7.23. The molecule has 2 aromatic rings. The Bertz CT molecular complexity index is 580. The minimum absolute atomic E-state index is 0.156. The van der Waals surface area contributed by atoms with Gasteiger partial charge in [0.1, 0.15) is 4.88 Å². The molecule has 2 rings (SSSR count). The molecule has 1 heterocycles. The Kier molecular flexibility index (Phi) is 3.89. The maximum Gasteiger partial charge on any atom is 0.263 e. The third kappa shape index (κ3) is 2.66. The van der Waals surface area contributed by atoms with E-state index in [4.69, 9.17) is 17.3 Å². The van der Waals surface area contributed by atoms with Gasteiger partial charge in [-0.05, 0) is 35.6 Å². The number of nitrogens with two attached hydrogens (primary N) is 1. The number of thiophene rings is 1. The number of hydrogen-bond acceptors (Lipinski definition) is 3. The first-order chi connectivity index (χ1) is 8.59. The van der Waals surface area contributed by atoms with E-state index in [0.717, 1.165) is 16.8 Å². The van der Waals surface area contributed by atoms with E-state index in [2.05, 4.69) is 5.32 Å². The molecule has 1 amide bonds. The van der Waals surface area contributed by atoms with Gasteiger partial charge in [-0.15, -0.1) is 11.3 Å². The Hall–Kier alpha value is -1.52. The number of hydrogen-bond donors (Lipinski definition) is 2. The summed E-state index contributed by atoms with van der Waals surface area (Å²) in [6, 6.07) is 7.38. The summed E-state index contributed by atoms with van der Waals surface area (Å²) in [5, 5.41) is 5.12. The topological polar surface area (TPSA) is 55.1 Å². The third-order valence-electron chi connectivity index (χ3n) is 2.75. The Morgan fingerprint density at radius 3 is 2.89 bits per heavy atom. The minimum atomic E-state index is -0.156. The predicted octanol–water partition coefficient (Wildman–Crippen LogP) is 3.22. The molecule has 0 bridgehead atoms. The highest BCUT2D eigenvalue weighted by Crippen LogP contribution is 2.22. The van der Waals surface area contributed by atoms with E-state index < -0.39 is 0 Å². The lowest BCUT2D eigenvalue weighted by Gasteiger charge is -2.09. The number of nitrogens with one attached hydrogen (secondary N) is 1. The molecule has 0 radical (unpaired) electrons. The zero-order chi connectivity index (χ0) is 13.1. The highest BCUT2D eigenvalue weighted by Gasteiger charge is 2.11. The number of carbonyl (C=O) groups is 1. The molecule has 3 nitrogen and oxygen atoms in total. The van der Waals surface area contributed by atoms with Gasteiger partial charge in [-0.1, -0.05) is 23.7 Å². The quantitative estimate of drug-likeness (QED) is 0.848. The van der Waals surface area contributed by atoms with Crippen molar-refractivity contribution in [1.82, 2.24) is 5.32 Å². The van der Waals surface area contributed by atoms with Crippen LogP contribution < -0.4 is 11.1 Å². The van der Waals surface area contributed by atoms with Gasteiger partial charge in [-0.3, -0.25) is 4.79 Å². The molecule has 5 heteroatoms. The van der Waals surface area contributed by atoms with Crippen LogP contribution in [-0.2, 0) is 6.54 Å². The number of anilines is 1. The maximum atomic E-state index is 11.9. The first-order valence-corrected chi connectivity index (χ1v) is 6.70. The zero-order valence-electron chi connectivity index (χ0n) is 9.87. The molecule has 3 N–H and O–H groups in total. The van der Waals surface area contributed by atoms with Crippen molar-refractivity contribution in [2.75, 3.05) is 5.73 Å². The third-order valence-corrected chi connectivity index (χ3v) is 4.09. The molecule has 1 aromatic carbocycles. The zero-order valence-corrected chi connectivity index (χ0v) is 11.4. The number of amides is 1. The van der Waals surface area contributed by atoms with Crippen LogP contribution in [0.5, 0.6) is 0 Å². The van der Waals surface area contributed by atoms with Gasteiger partial charge in [0.15, 0.2) is 0 Å². The molecule has 0 aliphatic heterocycles. The molecule has 0 atom stereocenters. The predicted molar refractivity (Wildman–Crippen MR) is 76.1 cm³/mol. The molecule has 0 saturated heterocycles. The fourth-order valence-corrected chi connectivity index (χ4v) is 2.66. The lowest BCUT2D eigenvalue weighted by molar-refractivity contribution is 0.0955. The van der Waals surface area contributed by atoms with Gasteiger partial charge < -0.3 is 11.1 Å². The Balaban J connectivity index is 2.06. The van der Waals surface area contributed by atoms with Crippen LogP contribution >= 0.6 is 22.9 Å². The van der Waals surface area contributed by atoms with E-state index in [0.29, 0.717) is 16.4 Å². The normalized spacial score (nSPS) is 10.3. The van der Waals surface area contributed by atoms with Gasteiger partial charge in [0.2, 0.25) is 0 Å². The maximum absolute atomic E-state index is 11.9. The molecule has 0 aliphatic rings. The summed E-state index contributed by atoms with van der Waals surface area (Å²) in [4.78, 5) is 12.4. The summed E-state index contributed by atoms with van der Waals surface area (Å²) in [6.07, 6.45) is 0. The van der Waals surface area contributed by atoms with Gasteiger partial charge in [-0.25, -0.2) is 0 Å². The van der Waals surface area contributed by atoms with Gasteiger partial charge in [0, 0.05) is 12.2 Å². The Morgan fingerprint density at radius 1 is 1.44 bits per heavy atom. The van der Waals surface area contributed by atoms with E-state index in [1.54, 1.807) is 11.4 Å². The number of carbonyl (C=O) groups excluding carboxylic acids is 1. The molecule has 0 spiro atoms. The molecular weight excluding hydrogens is 268 g/mol. The van der Waals surface area contributed by atoms with E-state index >= 15 is 0 Å². The monoisotopic (exact) mass is 280 g/mol. The summed E-state index contributed by atoms with van der Waals surface area (Å²) in [6.45, 7) is 2.39. The summed E-state index contributed by atoms with van der Waals surface area (Å²) in [5.41, 5.74) is 8.55. The molecule has 94 valence electrons. The molecule has 0 fully saturated rings. The smallest absolute Gasteiger partial charge is 0.263 e. The lowest BCUT2D eigenvalue weighted by Crippen LogP contribution is -2.22. The van der Waals surface area contributed by atoms with Crippen LogP contribution in [0, 0.1) is 6.92 Å². The van der Waals surface area contributed by atoms with Crippen molar-refractivity contribution in [1.29, 1.82) is 0 Å².